The van der Waals surface area contributed by atoms with Crippen LogP contribution in [0.5, 0.6) is 0 Å². The van der Waals surface area contributed by atoms with Crippen molar-refractivity contribution in [2.45, 2.75) is 13.0 Å². The minimum absolute atomic E-state index is 0.00453. The average molecular weight is 225 g/mol. The highest BCUT2D eigenvalue weighted by Crippen LogP contribution is 2.23. The van der Waals surface area contributed by atoms with E-state index in [4.69, 9.17) is 14.3 Å². The highest BCUT2D eigenvalue weighted by atomic mass is 16.5. The van der Waals surface area contributed by atoms with E-state index in [1.54, 1.807) is 6.07 Å². The Hall–Kier alpha value is -1.33. The summed E-state index contributed by atoms with van der Waals surface area (Å²) in [6.45, 7) is 5.15. The Kier molecular flexibility index (Phi) is 3.26. The van der Waals surface area contributed by atoms with Gasteiger partial charge >= 0.3 is 5.97 Å². The van der Waals surface area contributed by atoms with Crippen molar-refractivity contribution in [2.75, 3.05) is 26.3 Å². The van der Waals surface area contributed by atoms with Crippen LogP contribution in [0.25, 0.3) is 0 Å². The van der Waals surface area contributed by atoms with Crippen molar-refractivity contribution in [2.24, 2.45) is 0 Å². The molecule has 2 heterocycles. The van der Waals surface area contributed by atoms with Gasteiger partial charge in [0.1, 0.15) is 5.76 Å². The van der Waals surface area contributed by atoms with E-state index >= 15 is 0 Å². The van der Waals surface area contributed by atoms with E-state index < -0.39 is 5.97 Å². The summed E-state index contributed by atoms with van der Waals surface area (Å²) in [6, 6.07) is 3.31. The van der Waals surface area contributed by atoms with Crippen LogP contribution < -0.4 is 0 Å². The van der Waals surface area contributed by atoms with Gasteiger partial charge < -0.3 is 14.3 Å². The van der Waals surface area contributed by atoms with Gasteiger partial charge in [-0.1, -0.05) is 0 Å². The molecular formula is C11H15NO4. The largest absolute Gasteiger partial charge is 0.475 e. The Balaban J connectivity index is 2.07. The molecule has 2 rings (SSSR count). The lowest BCUT2D eigenvalue weighted by atomic mass is 10.2. The summed E-state index contributed by atoms with van der Waals surface area (Å²) in [5.74, 6) is -0.338. The fourth-order valence-electron chi connectivity index (χ4n) is 1.84. The van der Waals surface area contributed by atoms with E-state index in [-0.39, 0.29) is 11.8 Å². The lowest BCUT2D eigenvalue weighted by molar-refractivity contribution is 0.0153. The van der Waals surface area contributed by atoms with E-state index in [2.05, 4.69) is 4.90 Å². The molecule has 0 aliphatic carbocycles. The Bertz CT molecular complexity index is 368. The van der Waals surface area contributed by atoms with Gasteiger partial charge in [0.15, 0.2) is 0 Å². The number of morpholine rings is 1. The van der Waals surface area contributed by atoms with Crippen LogP contribution in [0.1, 0.15) is 29.3 Å². The number of ether oxygens (including phenoxy) is 1. The number of hydrogen-bond acceptors (Lipinski definition) is 4. The summed E-state index contributed by atoms with van der Waals surface area (Å²) >= 11 is 0. The van der Waals surface area contributed by atoms with Gasteiger partial charge in [0.2, 0.25) is 5.76 Å². The van der Waals surface area contributed by atoms with Crippen LogP contribution in [0.4, 0.5) is 0 Å². The molecule has 0 spiro atoms. The van der Waals surface area contributed by atoms with Crippen molar-refractivity contribution in [3.8, 4) is 0 Å². The molecule has 1 fully saturated rings. The number of rotatable bonds is 3. The normalized spacial score (nSPS) is 19.6. The highest BCUT2D eigenvalue weighted by molar-refractivity contribution is 5.84. The molecule has 0 aromatic carbocycles. The summed E-state index contributed by atoms with van der Waals surface area (Å²) in [5.41, 5.74) is 0. The monoisotopic (exact) mass is 225 g/mol. The molecule has 1 saturated heterocycles. The second kappa shape index (κ2) is 4.67. The molecule has 0 amide bonds. The zero-order valence-electron chi connectivity index (χ0n) is 9.18. The second-order valence-corrected chi connectivity index (χ2v) is 3.83. The zero-order chi connectivity index (χ0) is 11.5. The molecule has 1 aromatic rings. The van der Waals surface area contributed by atoms with Crippen LogP contribution in [-0.4, -0.2) is 42.3 Å². The molecule has 16 heavy (non-hydrogen) atoms. The smallest absolute Gasteiger partial charge is 0.371 e. The number of nitrogens with zero attached hydrogens (tertiary/aromatic N) is 1. The molecule has 1 aliphatic rings. The first-order chi connectivity index (χ1) is 7.68. The highest BCUT2D eigenvalue weighted by Gasteiger charge is 2.22. The van der Waals surface area contributed by atoms with E-state index in [9.17, 15) is 4.79 Å². The van der Waals surface area contributed by atoms with E-state index in [0.717, 1.165) is 26.3 Å². The van der Waals surface area contributed by atoms with Gasteiger partial charge in [0.25, 0.3) is 0 Å². The van der Waals surface area contributed by atoms with Crippen LogP contribution in [0.15, 0.2) is 16.5 Å². The van der Waals surface area contributed by atoms with Crippen molar-refractivity contribution < 1.29 is 19.1 Å². The van der Waals surface area contributed by atoms with Crippen molar-refractivity contribution in [1.29, 1.82) is 0 Å². The molecule has 1 aromatic heterocycles. The van der Waals surface area contributed by atoms with E-state index in [1.165, 1.54) is 6.07 Å². The Labute approximate surface area is 93.6 Å². The predicted molar refractivity (Wildman–Crippen MR) is 56.5 cm³/mol. The van der Waals surface area contributed by atoms with Gasteiger partial charge in [-0.3, -0.25) is 4.90 Å². The van der Waals surface area contributed by atoms with Crippen molar-refractivity contribution >= 4 is 5.97 Å². The molecule has 0 saturated carbocycles. The molecule has 0 radical (unpaired) electrons. The first kappa shape index (κ1) is 11.2. The molecule has 88 valence electrons. The molecular weight excluding hydrogens is 210 g/mol. The van der Waals surface area contributed by atoms with Gasteiger partial charge in [-0.05, 0) is 19.1 Å². The van der Waals surface area contributed by atoms with Crippen molar-refractivity contribution in [3.63, 3.8) is 0 Å². The van der Waals surface area contributed by atoms with Gasteiger partial charge in [-0.2, -0.15) is 0 Å². The van der Waals surface area contributed by atoms with Gasteiger partial charge in [0.05, 0.1) is 19.3 Å². The van der Waals surface area contributed by atoms with Gasteiger partial charge in [-0.25, -0.2) is 4.79 Å². The molecule has 5 heteroatoms. The van der Waals surface area contributed by atoms with E-state index in [0.29, 0.717) is 5.76 Å². The van der Waals surface area contributed by atoms with Crippen molar-refractivity contribution in [1.82, 2.24) is 4.90 Å². The lowest BCUT2D eigenvalue weighted by Gasteiger charge is -2.30. The van der Waals surface area contributed by atoms with Gasteiger partial charge in [0, 0.05) is 13.1 Å². The number of carboxylic acids is 1. The number of aromatic carboxylic acids is 1. The first-order valence-electron chi connectivity index (χ1n) is 5.33. The summed E-state index contributed by atoms with van der Waals surface area (Å²) in [4.78, 5) is 12.9. The summed E-state index contributed by atoms with van der Waals surface area (Å²) in [7, 11) is 0. The lowest BCUT2D eigenvalue weighted by Crippen LogP contribution is -2.37. The molecule has 5 nitrogen and oxygen atoms in total. The molecule has 0 bridgehead atoms. The summed E-state index contributed by atoms with van der Waals surface area (Å²) < 4.78 is 10.5. The summed E-state index contributed by atoms with van der Waals surface area (Å²) in [5, 5.41) is 8.76. The SMILES string of the molecule is CC(c1ccc(C(=O)O)o1)N1CCOCC1. The minimum Gasteiger partial charge on any atom is -0.475 e. The third kappa shape index (κ3) is 2.25. The van der Waals surface area contributed by atoms with Crippen LogP contribution in [0.2, 0.25) is 0 Å². The number of hydrogen-bond donors (Lipinski definition) is 1. The standard InChI is InChI=1S/C11H15NO4/c1-8(12-4-6-15-7-5-12)9-2-3-10(16-9)11(13)14/h2-3,8H,4-7H2,1H3,(H,13,14). The maximum atomic E-state index is 10.7. The quantitative estimate of drug-likeness (QED) is 0.841. The Morgan fingerprint density at radius 3 is 2.69 bits per heavy atom. The number of carbonyl (C=O) groups is 1. The molecule has 1 atom stereocenters. The fourth-order valence-corrected chi connectivity index (χ4v) is 1.84. The van der Waals surface area contributed by atoms with Crippen LogP contribution in [0, 0.1) is 0 Å². The number of carboxylic acid groups (broad SMARTS) is 1. The van der Waals surface area contributed by atoms with Crippen molar-refractivity contribution in [3.05, 3.63) is 23.7 Å². The second-order valence-electron chi connectivity index (χ2n) is 3.83. The number of furan rings is 1. The first-order valence-corrected chi connectivity index (χ1v) is 5.33. The Morgan fingerprint density at radius 2 is 2.12 bits per heavy atom. The third-order valence-electron chi connectivity index (χ3n) is 2.84. The zero-order valence-corrected chi connectivity index (χ0v) is 9.18. The Morgan fingerprint density at radius 1 is 1.44 bits per heavy atom. The molecule has 1 aliphatic heterocycles. The topological polar surface area (TPSA) is 62.9 Å². The predicted octanol–water partition coefficient (Wildman–Crippen LogP) is 1.37. The summed E-state index contributed by atoms with van der Waals surface area (Å²) in [6.07, 6.45) is 0. The fraction of sp³-hybridized carbons (Fsp3) is 0.545. The minimum atomic E-state index is -1.03. The molecule has 1 unspecified atom stereocenters. The van der Waals surface area contributed by atoms with Gasteiger partial charge in [-0.15, -0.1) is 0 Å². The molecule has 1 N–H and O–H groups in total. The maximum absolute atomic E-state index is 10.7. The maximum Gasteiger partial charge on any atom is 0.371 e. The van der Waals surface area contributed by atoms with Crippen LogP contribution in [-0.2, 0) is 4.74 Å². The van der Waals surface area contributed by atoms with Crippen LogP contribution >= 0.6 is 0 Å². The third-order valence-corrected chi connectivity index (χ3v) is 2.84. The van der Waals surface area contributed by atoms with E-state index in [1.807, 2.05) is 6.92 Å². The average Bonchev–Trinajstić information content (AvgIpc) is 2.78. The van der Waals surface area contributed by atoms with Crippen LogP contribution in [0.3, 0.4) is 0 Å².